The van der Waals surface area contributed by atoms with E-state index in [4.69, 9.17) is 14.0 Å². The van der Waals surface area contributed by atoms with Crippen molar-refractivity contribution in [1.29, 1.82) is 0 Å². The maximum Gasteiger partial charge on any atom is 0.246 e. The highest BCUT2D eigenvalue weighted by atomic mass is 16.5. The van der Waals surface area contributed by atoms with Crippen molar-refractivity contribution in [2.24, 2.45) is 4.99 Å². The molecule has 1 atom stereocenters. The van der Waals surface area contributed by atoms with Gasteiger partial charge in [0.15, 0.2) is 11.8 Å². The molecule has 2 N–H and O–H groups in total. The molecule has 0 amide bonds. The fourth-order valence-corrected chi connectivity index (χ4v) is 2.87. The Hall–Kier alpha value is -2.61. The zero-order valence-corrected chi connectivity index (χ0v) is 16.1. The van der Waals surface area contributed by atoms with Crippen LogP contribution in [0.5, 0.6) is 5.75 Å². The van der Waals surface area contributed by atoms with Gasteiger partial charge in [0.05, 0.1) is 12.6 Å². The van der Waals surface area contributed by atoms with Crippen molar-refractivity contribution in [2.75, 3.05) is 20.3 Å². The summed E-state index contributed by atoms with van der Waals surface area (Å²) in [5.41, 5.74) is 2.23. The predicted molar refractivity (Wildman–Crippen MR) is 102 cm³/mol. The van der Waals surface area contributed by atoms with Crippen molar-refractivity contribution in [3.8, 4) is 5.75 Å². The highest BCUT2D eigenvalue weighted by Crippen LogP contribution is 2.22. The van der Waals surface area contributed by atoms with Gasteiger partial charge in [0.1, 0.15) is 12.4 Å². The number of aryl methyl sites for hydroxylation is 2. The van der Waals surface area contributed by atoms with Crippen molar-refractivity contribution >= 4 is 5.96 Å². The van der Waals surface area contributed by atoms with Gasteiger partial charge in [-0.1, -0.05) is 17.3 Å². The molecule has 1 aliphatic rings. The highest BCUT2D eigenvalue weighted by Gasteiger charge is 2.17. The van der Waals surface area contributed by atoms with E-state index in [1.807, 2.05) is 0 Å². The maximum atomic E-state index is 6.04. The first kappa shape index (κ1) is 19.2. The van der Waals surface area contributed by atoms with E-state index in [0.29, 0.717) is 37.4 Å². The number of guanidine groups is 1. The summed E-state index contributed by atoms with van der Waals surface area (Å²) in [5, 5.41) is 10.2. The predicted octanol–water partition coefficient (Wildman–Crippen LogP) is 2.11. The van der Waals surface area contributed by atoms with Gasteiger partial charge in [-0.3, -0.25) is 4.99 Å². The molecule has 0 spiro atoms. The van der Waals surface area contributed by atoms with Crippen molar-refractivity contribution in [3.63, 3.8) is 0 Å². The van der Waals surface area contributed by atoms with Crippen LogP contribution in [0.25, 0.3) is 0 Å². The Kier molecular flexibility index (Phi) is 6.64. The lowest BCUT2D eigenvalue weighted by Crippen LogP contribution is -2.36. The van der Waals surface area contributed by atoms with Crippen LogP contribution in [0.4, 0.5) is 0 Å². The Bertz CT molecular complexity index is 768. The van der Waals surface area contributed by atoms with Gasteiger partial charge < -0.3 is 24.6 Å². The van der Waals surface area contributed by atoms with E-state index in [1.165, 1.54) is 0 Å². The SMILES string of the molecule is CN=C(NCc1nc(C)no1)NCc1ccc(C)cc1OCC1CCCO1. The van der Waals surface area contributed by atoms with Gasteiger partial charge in [0.2, 0.25) is 5.89 Å². The Labute approximate surface area is 159 Å². The average Bonchev–Trinajstić information content (AvgIpc) is 3.33. The van der Waals surface area contributed by atoms with Crippen LogP contribution < -0.4 is 15.4 Å². The molecule has 2 heterocycles. The number of hydrogen-bond donors (Lipinski definition) is 2. The lowest BCUT2D eigenvalue weighted by Gasteiger charge is -2.17. The molecule has 1 aliphatic heterocycles. The standard InChI is InChI=1S/C19H27N5O3/c1-13-6-7-15(17(9-13)26-12-16-5-4-8-25-16)10-21-19(20-3)22-11-18-23-14(2)24-27-18/h6-7,9,16H,4-5,8,10-12H2,1-3H3,(H2,20,21,22). The number of aliphatic imine (C=N–C) groups is 1. The van der Waals surface area contributed by atoms with Gasteiger partial charge >= 0.3 is 0 Å². The summed E-state index contributed by atoms with van der Waals surface area (Å²) in [6, 6.07) is 6.21. The summed E-state index contributed by atoms with van der Waals surface area (Å²) in [4.78, 5) is 8.39. The summed E-state index contributed by atoms with van der Waals surface area (Å²) in [5.74, 6) is 2.66. The Balaban J connectivity index is 1.55. The molecule has 0 aliphatic carbocycles. The summed E-state index contributed by atoms with van der Waals surface area (Å²) in [7, 11) is 1.72. The van der Waals surface area contributed by atoms with Crippen LogP contribution >= 0.6 is 0 Å². The number of hydrogen-bond acceptors (Lipinski definition) is 6. The molecule has 2 aromatic rings. The lowest BCUT2D eigenvalue weighted by atomic mass is 10.1. The number of nitrogens with one attached hydrogen (secondary N) is 2. The fourth-order valence-electron chi connectivity index (χ4n) is 2.87. The third-order valence-electron chi connectivity index (χ3n) is 4.32. The van der Waals surface area contributed by atoms with Gasteiger partial charge in [0.25, 0.3) is 0 Å². The first-order valence-corrected chi connectivity index (χ1v) is 9.21. The Morgan fingerprint density at radius 3 is 2.85 bits per heavy atom. The minimum absolute atomic E-state index is 0.193. The summed E-state index contributed by atoms with van der Waals surface area (Å²) in [6.45, 7) is 6.26. The zero-order chi connectivity index (χ0) is 19.1. The number of ether oxygens (including phenoxy) is 2. The molecule has 0 radical (unpaired) electrons. The van der Waals surface area contributed by atoms with E-state index < -0.39 is 0 Å². The number of benzene rings is 1. The molecule has 146 valence electrons. The molecule has 1 aromatic carbocycles. The number of aromatic nitrogens is 2. The van der Waals surface area contributed by atoms with Crippen molar-refractivity contribution in [2.45, 2.75) is 45.9 Å². The summed E-state index contributed by atoms with van der Waals surface area (Å²) in [6.07, 6.45) is 2.36. The van der Waals surface area contributed by atoms with Gasteiger partial charge in [0, 0.05) is 25.8 Å². The third kappa shape index (κ3) is 5.68. The molecule has 1 fully saturated rings. The molecule has 8 heteroatoms. The molecule has 1 saturated heterocycles. The first-order chi connectivity index (χ1) is 13.1. The van der Waals surface area contributed by atoms with Crippen molar-refractivity contribution in [1.82, 2.24) is 20.8 Å². The Morgan fingerprint density at radius 1 is 1.30 bits per heavy atom. The van der Waals surface area contributed by atoms with Crippen LogP contribution in [-0.4, -0.2) is 42.5 Å². The minimum atomic E-state index is 0.193. The molecule has 0 saturated carbocycles. The van der Waals surface area contributed by atoms with Crippen LogP contribution in [0.15, 0.2) is 27.7 Å². The summed E-state index contributed by atoms with van der Waals surface area (Å²) >= 11 is 0. The van der Waals surface area contributed by atoms with Crippen LogP contribution in [0.1, 0.15) is 35.7 Å². The summed E-state index contributed by atoms with van der Waals surface area (Å²) < 4.78 is 16.8. The van der Waals surface area contributed by atoms with Crippen molar-refractivity contribution < 1.29 is 14.0 Å². The van der Waals surface area contributed by atoms with E-state index in [2.05, 4.69) is 50.9 Å². The third-order valence-corrected chi connectivity index (χ3v) is 4.32. The normalized spacial score (nSPS) is 17.1. The second kappa shape index (κ2) is 9.36. The largest absolute Gasteiger partial charge is 0.491 e. The van der Waals surface area contributed by atoms with Gasteiger partial charge in [-0.15, -0.1) is 0 Å². The quantitative estimate of drug-likeness (QED) is 0.567. The molecule has 1 unspecified atom stereocenters. The average molecular weight is 373 g/mol. The first-order valence-electron chi connectivity index (χ1n) is 9.21. The molecular weight excluding hydrogens is 346 g/mol. The van der Waals surface area contributed by atoms with E-state index in [9.17, 15) is 0 Å². The minimum Gasteiger partial charge on any atom is -0.491 e. The van der Waals surface area contributed by atoms with Gasteiger partial charge in [-0.05, 0) is 38.3 Å². The van der Waals surface area contributed by atoms with Crippen LogP contribution in [0, 0.1) is 13.8 Å². The van der Waals surface area contributed by atoms with Gasteiger partial charge in [-0.2, -0.15) is 4.98 Å². The monoisotopic (exact) mass is 373 g/mol. The van der Waals surface area contributed by atoms with Gasteiger partial charge in [-0.25, -0.2) is 0 Å². The molecule has 1 aromatic heterocycles. The second-order valence-electron chi connectivity index (χ2n) is 6.57. The van der Waals surface area contributed by atoms with E-state index in [1.54, 1.807) is 14.0 Å². The topological polar surface area (TPSA) is 93.8 Å². The lowest BCUT2D eigenvalue weighted by molar-refractivity contribution is 0.0676. The van der Waals surface area contributed by atoms with Crippen molar-refractivity contribution in [3.05, 3.63) is 41.0 Å². The van der Waals surface area contributed by atoms with Crippen LogP contribution in [0.3, 0.4) is 0 Å². The Morgan fingerprint density at radius 2 is 2.15 bits per heavy atom. The molecular formula is C19H27N5O3. The second-order valence-corrected chi connectivity index (χ2v) is 6.57. The fraction of sp³-hybridized carbons (Fsp3) is 0.526. The number of nitrogens with zero attached hydrogens (tertiary/aromatic N) is 3. The zero-order valence-electron chi connectivity index (χ0n) is 16.1. The molecule has 8 nitrogen and oxygen atoms in total. The molecule has 27 heavy (non-hydrogen) atoms. The van der Waals surface area contributed by atoms with Crippen LogP contribution in [0.2, 0.25) is 0 Å². The van der Waals surface area contributed by atoms with Crippen LogP contribution in [-0.2, 0) is 17.8 Å². The smallest absolute Gasteiger partial charge is 0.246 e. The van der Waals surface area contributed by atoms with E-state index in [-0.39, 0.29) is 6.10 Å². The molecule has 0 bridgehead atoms. The number of rotatable bonds is 7. The highest BCUT2D eigenvalue weighted by molar-refractivity contribution is 5.79. The van der Waals surface area contributed by atoms with E-state index >= 15 is 0 Å². The van der Waals surface area contributed by atoms with E-state index in [0.717, 1.165) is 36.3 Å². The maximum absolute atomic E-state index is 6.04. The molecule has 3 rings (SSSR count).